The summed E-state index contributed by atoms with van der Waals surface area (Å²) >= 11 is 0. The van der Waals surface area contributed by atoms with Gasteiger partial charge in [-0.05, 0) is 19.8 Å². The van der Waals surface area contributed by atoms with Gasteiger partial charge >= 0.3 is 0 Å². The predicted octanol–water partition coefficient (Wildman–Crippen LogP) is -1.05. The zero-order chi connectivity index (χ0) is 15.5. The third kappa shape index (κ3) is 26.9. The Morgan fingerprint density at radius 2 is 1.58 bits per heavy atom. The van der Waals surface area contributed by atoms with Gasteiger partial charge in [-0.3, -0.25) is 0 Å². The zero-order valence-electron chi connectivity index (χ0n) is 11.4. The molecule has 0 aromatic heterocycles. The molecule has 0 unspecified atom stereocenters. The molecule has 0 radical (unpaired) electrons. The van der Waals surface area contributed by atoms with E-state index in [-0.39, 0.29) is 17.3 Å². The van der Waals surface area contributed by atoms with Gasteiger partial charge in [0.05, 0.1) is 16.7 Å². The highest BCUT2D eigenvalue weighted by molar-refractivity contribution is 7.90. The van der Waals surface area contributed by atoms with Crippen molar-refractivity contribution in [3.8, 4) is 0 Å². The van der Waals surface area contributed by atoms with E-state index in [9.17, 15) is 26.2 Å². The first-order valence-corrected chi connectivity index (χ1v) is 9.51. The second-order valence-electron chi connectivity index (χ2n) is 4.26. The first-order chi connectivity index (χ1) is 8.48. The molecule has 0 bridgehead atoms. The van der Waals surface area contributed by atoms with E-state index in [2.05, 4.69) is 5.73 Å². The van der Waals surface area contributed by atoms with E-state index < -0.39 is 20.0 Å². The lowest BCUT2D eigenvalue weighted by Gasteiger charge is -2.01. The largest absolute Gasteiger partial charge is 0.748 e. The zero-order valence-corrected chi connectivity index (χ0v) is 13.1. The number of carbonyl (C=O) groups excluding carboxylic acids is 1. The van der Waals surface area contributed by atoms with E-state index in [1.165, 1.54) is 13.2 Å². The molecule has 7 nitrogen and oxygen atoms in total. The average Bonchev–Trinajstić information content (AvgIpc) is 2.20. The standard InChI is InChI=1S/C7H14O3S.C3H9NO3S/c1-7(8)5-3-4-6-11(2,9)10;4-2-1-3-8(5,6)7/h3-6H2,1-2H3;1-4H2,(H,5,6,7). The molecule has 0 saturated carbocycles. The van der Waals surface area contributed by atoms with Crippen LogP contribution in [0.25, 0.3) is 0 Å². The fraction of sp³-hybridized carbons (Fsp3) is 0.900. The van der Waals surface area contributed by atoms with Crippen LogP contribution in [0.5, 0.6) is 0 Å². The summed E-state index contributed by atoms with van der Waals surface area (Å²) in [5.74, 6) is 0.0371. The quantitative estimate of drug-likeness (QED) is 0.448. The molecule has 0 saturated heterocycles. The third-order valence-corrected chi connectivity index (χ3v) is 3.76. The molecule has 0 fully saturated rings. The van der Waals surface area contributed by atoms with Gasteiger partial charge in [-0.2, -0.15) is 0 Å². The second kappa shape index (κ2) is 10.3. The van der Waals surface area contributed by atoms with E-state index >= 15 is 0 Å². The van der Waals surface area contributed by atoms with Gasteiger partial charge in [-0.25, -0.2) is 16.8 Å². The Kier molecular flexibility index (Phi) is 11.3. The summed E-state index contributed by atoms with van der Waals surface area (Å²) in [6, 6.07) is 0. The van der Waals surface area contributed by atoms with Crippen molar-refractivity contribution in [2.45, 2.75) is 32.6 Å². The molecule has 0 aliphatic heterocycles. The number of Topliss-reactive ketones (excluding diaryl/α,β-unsaturated/α-hetero) is 1. The summed E-state index contributed by atoms with van der Waals surface area (Å²) in [4.78, 5) is 10.4. The molecule has 0 amide bonds. The van der Waals surface area contributed by atoms with Gasteiger partial charge in [-0.1, -0.05) is 0 Å². The molecule has 19 heavy (non-hydrogen) atoms. The Morgan fingerprint density at radius 3 is 1.84 bits per heavy atom. The maximum atomic E-state index is 10.6. The van der Waals surface area contributed by atoms with Crippen molar-refractivity contribution in [1.82, 2.24) is 0 Å². The number of hydrogen-bond donors (Lipinski definition) is 1. The summed E-state index contributed by atoms with van der Waals surface area (Å²) in [6.45, 7) is 2.02. The highest BCUT2D eigenvalue weighted by atomic mass is 32.2. The van der Waals surface area contributed by atoms with Crippen LogP contribution in [0.4, 0.5) is 0 Å². The van der Waals surface area contributed by atoms with Crippen LogP contribution in [0.15, 0.2) is 0 Å². The van der Waals surface area contributed by atoms with E-state index in [1.807, 2.05) is 0 Å². The maximum Gasteiger partial charge on any atom is 0.147 e. The lowest BCUT2D eigenvalue weighted by molar-refractivity contribution is -0.367. The number of carbonyl (C=O) groups is 1. The van der Waals surface area contributed by atoms with E-state index in [4.69, 9.17) is 0 Å². The summed E-state index contributed by atoms with van der Waals surface area (Å²) in [6.07, 6.45) is 3.35. The van der Waals surface area contributed by atoms with Gasteiger partial charge in [0.15, 0.2) is 0 Å². The number of ketones is 1. The molecule has 0 aliphatic carbocycles. The summed E-state index contributed by atoms with van der Waals surface area (Å²) in [7, 11) is -6.81. The molecule has 0 spiro atoms. The van der Waals surface area contributed by atoms with Crippen molar-refractivity contribution in [3.05, 3.63) is 0 Å². The van der Waals surface area contributed by atoms with Crippen LogP contribution in [0.1, 0.15) is 32.6 Å². The highest BCUT2D eigenvalue weighted by Crippen LogP contribution is 1.98. The third-order valence-electron chi connectivity index (χ3n) is 1.94. The normalized spacial score (nSPS) is 11.6. The molecule has 9 heteroatoms. The van der Waals surface area contributed by atoms with Crippen molar-refractivity contribution in [1.29, 1.82) is 0 Å². The predicted molar refractivity (Wildman–Crippen MR) is 71.2 cm³/mol. The van der Waals surface area contributed by atoms with Crippen LogP contribution in [0.2, 0.25) is 0 Å². The van der Waals surface area contributed by atoms with Gasteiger partial charge in [0.25, 0.3) is 0 Å². The Bertz CT molecular complexity index is 441. The molecule has 0 rings (SSSR count). The van der Waals surface area contributed by atoms with Crippen molar-refractivity contribution < 1.29 is 31.9 Å². The first kappa shape index (κ1) is 20.8. The van der Waals surface area contributed by atoms with Gasteiger partial charge < -0.3 is 15.1 Å². The van der Waals surface area contributed by atoms with Gasteiger partial charge in [0.2, 0.25) is 0 Å². The Hall–Kier alpha value is -0.510. The lowest BCUT2D eigenvalue weighted by atomic mass is 10.2. The van der Waals surface area contributed by atoms with Gasteiger partial charge in [0.1, 0.15) is 15.6 Å². The minimum absolute atomic E-state index is 0.124. The monoisotopic (exact) mass is 317 g/mol. The summed E-state index contributed by atoms with van der Waals surface area (Å²) in [5.41, 5.74) is 3.39. The highest BCUT2D eigenvalue weighted by Gasteiger charge is 2.01. The van der Waals surface area contributed by atoms with Crippen LogP contribution in [0.3, 0.4) is 0 Å². The molecule has 0 aromatic carbocycles. The minimum Gasteiger partial charge on any atom is -0.748 e. The number of quaternary nitrogens is 1. The van der Waals surface area contributed by atoms with Crippen LogP contribution in [-0.4, -0.2) is 51.5 Å². The number of rotatable bonds is 8. The van der Waals surface area contributed by atoms with Gasteiger partial charge in [0, 0.05) is 30.6 Å². The van der Waals surface area contributed by atoms with Crippen molar-refractivity contribution >= 4 is 25.7 Å². The Labute approximate surface area is 115 Å². The van der Waals surface area contributed by atoms with E-state index in [1.54, 1.807) is 0 Å². The van der Waals surface area contributed by atoms with E-state index in [0.29, 0.717) is 32.2 Å². The van der Waals surface area contributed by atoms with Crippen LogP contribution < -0.4 is 5.73 Å². The second-order valence-corrected chi connectivity index (χ2v) is 8.04. The van der Waals surface area contributed by atoms with E-state index in [0.717, 1.165) is 0 Å². The molecule has 0 atom stereocenters. The molecule has 0 aliphatic rings. The summed E-state index contributed by atoms with van der Waals surface area (Å²) in [5, 5.41) is 0. The van der Waals surface area contributed by atoms with Crippen molar-refractivity contribution in [2.75, 3.05) is 24.3 Å². The SMILES string of the molecule is CC(=O)CCCCS(C)(=O)=O.[NH3+]CCCS(=O)(=O)[O-]. The fourth-order valence-corrected chi connectivity index (χ4v) is 2.30. The molecule has 116 valence electrons. The molecule has 0 aromatic rings. The maximum absolute atomic E-state index is 10.6. The Balaban J connectivity index is 0. The average molecular weight is 317 g/mol. The Morgan fingerprint density at radius 1 is 1.05 bits per heavy atom. The van der Waals surface area contributed by atoms with Gasteiger partial charge in [-0.15, -0.1) is 0 Å². The molecular formula is C10H23NO6S2. The molecule has 0 heterocycles. The smallest absolute Gasteiger partial charge is 0.147 e. The van der Waals surface area contributed by atoms with Crippen LogP contribution in [0, 0.1) is 0 Å². The van der Waals surface area contributed by atoms with Crippen molar-refractivity contribution in [3.63, 3.8) is 0 Å². The van der Waals surface area contributed by atoms with Crippen LogP contribution in [-0.2, 0) is 24.7 Å². The molecule has 3 N–H and O–H groups in total. The number of unbranched alkanes of at least 4 members (excludes halogenated alkanes) is 1. The lowest BCUT2D eigenvalue weighted by Crippen LogP contribution is -2.50. The first-order valence-electron chi connectivity index (χ1n) is 5.88. The van der Waals surface area contributed by atoms with Crippen LogP contribution >= 0.6 is 0 Å². The topological polar surface area (TPSA) is 136 Å². The minimum atomic E-state index is -3.98. The number of hydrogen-bond acceptors (Lipinski definition) is 6. The molecular weight excluding hydrogens is 294 g/mol. The summed E-state index contributed by atoms with van der Waals surface area (Å²) < 4.78 is 50.6. The van der Waals surface area contributed by atoms with Crippen molar-refractivity contribution in [2.24, 2.45) is 0 Å². The number of sulfone groups is 1. The fourth-order valence-electron chi connectivity index (χ4n) is 1.02.